The number of carbonyl (C=O) groups excluding carboxylic acids is 2. The van der Waals surface area contributed by atoms with Crippen LogP contribution in [0, 0.1) is 5.41 Å². The Balaban J connectivity index is 2.11. The van der Waals surface area contributed by atoms with Gasteiger partial charge >= 0.3 is 5.97 Å². The highest BCUT2D eigenvalue weighted by Crippen LogP contribution is 2.49. The molecule has 1 N–H and O–H groups in total. The van der Waals surface area contributed by atoms with E-state index in [9.17, 15) is 14.7 Å². The Kier molecular flexibility index (Phi) is 4.29. The molecule has 1 aliphatic carbocycles. The van der Waals surface area contributed by atoms with Crippen LogP contribution in [0.4, 0.5) is 0 Å². The molecule has 1 aliphatic heterocycles. The fourth-order valence-electron chi connectivity index (χ4n) is 3.36. The number of benzene rings is 1. The van der Waals surface area contributed by atoms with E-state index in [0.29, 0.717) is 12.2 Å². The van der Waals surface area contributed by atoms with E-state index in [1.807, 2.05) is 44.2 Å². The number of carbonyl (C=O) groups is 2. The van der Waals surface area contributed by atoms with Crippen LogP contribution in [0.2, 0.25) is 0 Å². The topological polar surface area (TPSA) is 72.8 Å². The van der Waals surface area contributed by atoms with Gasteiger partial charge in [0.15, 0.2) is 11.5 Å². The summed E-state index contributed by atoms with van der Waals surface area (Å²) in [4.78, 5) is 25.2. The quantitative estimate of drug-likeness (QED) is 0.855. The highest BCUT2D eigenvalue weighted by molar-refractivity contribution is 6.08. The van der Waals surface area contributed by atoms with Gasteiger partial charge in [0.2, 0.25) is 0 Å². The summed E-state index contributed by atoms with van der Waals surface area (Å²) in [5.74, 6) is -0.777. The molecule has 0 bridgehead atoms. The van der Waals surface area contributed by atoms with E-state index < -0.39 is 11.6 Å². The lowest BCUT2D eigenvalue weighted by Gasteiger charge is -2.30. The Morgan fingerprint density at radius 3 is 2.60 bits per heavy atom. The molecule has 1 aromatic carbocycles. The second-order valence-corrected chi connectivity index (χ2v) is 7.19. The first-order valence-corrected chi connectivity index (χ1v) is 8.39. The molecule has 25 heavy (non-hydrogen) atoms. The molecule has 3 rings (SSSR count). The van der Waals surface area contributed by atoms with Gasteiger partial charge < -0.3 is 14.6 Å². The molecule has 0 radical (unpaired) electrons. The highest BCUT2D eigenvalue weighted by Gasteiger charge is 2.58. The largest absolute Gasteiger partial charge is 0.463 e. The average Bonchev–Trinajstić information content (AvgIpc) is 2.80. The first kappa shape index (κ1) is 17.4. The molecule has 132 valence electrons. The van der Waals surface area contributed by atoms with Gasteiger partial charge in [0, 0.05) is 12.8 Å². The Hall–Kier alpha value is -2.40. The van der Waals surface area contributed by atoms with Crippen LogP contribution in [0.25, 0.3) is 6.08 Å². The van der Waals surface area contributed by atoms with Crippen molar-refractivity contribution in [1.29, 1.82) is 0 Å². The van der Waals surface area contributed by atoms with Crippen LogP contribution >= 0.6 is 0 Å². The number of Topliss-reactive ketones (excluding diaryl/α,β-unsaturated/α-hetero) is 1. The third kappa shape index (κ3) is 3.00. The summed E-state index contributed by atoms with van der Waals surface area (Å²) in [6, 6.07) is 9.19. The van der Waals surface area contributed by atoms with Gasteiger partial charge in [0.1, 0.15) is 5.76 Å². The number of hydrogen-bond donors (Lipinski definition) is 1. The minimum Gasteiger partial charge on any atom is -0.463 e. The van der Waals surface area contributed by atoms with Crippen molar-refractivity contribution in [2.75, 3.05) is 6.61 Å². The van der Waals surface area contributed by atoms with Crippen molar-refractivity contribution in [1.82, 2.24) is 0 Å². The maximum Gasteiger partial charge on any atom is 0.351 e. The normalized spacial score (nSPS) is 26.4. The lowest BCUT2D eigenvalue weighted by molar-refractivity contribution is -0.159. The Morgan fingerprint density at radius 1 is 1.28 bits per heavy atom. The van der Waals surface area contributed by atoms with Crippen molar-refractivity contribution in [2.24, 2.45) is 5.41 Å². The lowest BCUT2D eigenvalue weighted by Crippen LogP contribution is -2.45. The molecule has 1 atom stereocenters. The molecule has 0 saturated carbocycles. The molecule has 0 fully saturated rings. The molecule has 1 aromatic rings. The average molecular weight is 342 g/mol. The van der Waals surface area contributed by atoms with E-state index in [-0.39, 0.29) is 35.6 Å². The second-order valence-electron chi connectivity index (χ2n) is 7.19. The summed E-state index contributed by atoms with van der Waals surface area (Å²) < 4.78 is 10.9. The zero-order valence-electron chi connectivity index (χ0n) is 14.7. The number of rotatable bonds is 3. The Morgan fingerprint density at radius 2 is 1.96 bits per heavy atom. The van der Waals surface area contributed by atoms with Crippen LogP contribution in [0.15, 0.2) is 47.4 Å². The molecular formula is C20H22O5. The SMILES string of the molecule is CCOC(=O)[C@@]1(O)C2=C(CC(C)(C)CC2=O)O/C1=C\c1ccccc1. The zero-order chi connectivity index (χ0) is 18.2. The van der Waals surface area contributed by atoms with Gasteiger partial charge in [-0.1, -0.05) is 44.2 Å². The van der Waals surface area contributed by atoms with E-state index >= 15 is 0 Å². The van der Waals surface area contributed by atoms with Gasteiger partial charge in [0.25, 0.3) is 5.60 Å². The standard InChI is InChI=1S/C20H22O5/c1-4-24-18(22)20(23)16(10-13-8-6-5-7-9-13)25-15-12-19(2,3)11-14(21)17(15)20/h5-10,23H,4,11-12H2,1-3H3/b16-10-/t20-/m0/s1. The molecule has 0 saturated heterocycles. The Labute approximate surface area is 146 Å². The van der Waals surface area contributed by atoms with Crippen molar-refractivity contribution < 1.29 is 24.2 Å². The summed E-state index contributed by atoms with van der Waals surface area (Å²) in [6.07, 6.45) is 2.30. The number of allylic oxidation sites excluding steroid dienone is 1. The van der Waals surface area contributed by atoms with E-state index in [0.717, 1.165) is 5.56 Å². The first-order chi connectivity index (χ1) is 11.8. The third-order valence-electron chi connectivity index (χ3n) is 4.46. The summed E-state index contributed by atoms with van der Waals surface area (Å²) in [7, 11) is 0. The smallest absolute Gasteiger partial charge is 0.351 e. The van der Waals surface area contributed by atoms with Crippen LogP contribution < -0.4 is 0 Å². The molecule has 0 spiro atoms. The van der Waals surface area contributed by atoms with Crippen molar-refractivity contribution in [3.63, 3.8) is 0 Å². The molecule has 0 amide bonds. The highest BCUT2D eigenvalue weighted by atomic mass is 16.6. The van der Waals surface area contributed by atoms with Gasteiger partial charge in [-0.3, -0.25) is 4.79 Å². The van der Waals surface area contributed by atoms with Crippen LogP contribution in [-0.4, -0.2) is 29.1 Å². The minimum atomic E-state index is -2.19. The third-order valence-corrected chi connectivity index (χ3v) is 4.46. The lowest BCUT2D eigenvalue weighted by atomic mass is 9.73. The molecule has 0 aromatic heterocycles. The first-order valence-electron chi connectivity index (χ1n) is 8.39. The maximum absolute atomic E-state index is 12.7. The Bertz CT molecular complexity index is 773. The molecule has 1 heterocycles. The van der Waals surface area contributed by atoms with Crippen LogP contribution in [0.1, 0.15) is 39.2 Å². The predicted molar refractivity (Wildman–Crippen MR) is 92.1 cm³/mol. The maximum atomic E-state index is 12.7. The monoisotopic (exact) mass is 342 g/mol. The number of esters is 1. The number of ether oxygens (including phenoxy) is 2. The fraction of sp³-hybridized carbons (Fsp3) is 0.400. The molecule has 0 unspecified atom stereocenters. The molecular weight excluding hydrogens is 320 g/mol. The number of aliphatic hydroxyl groups is 1. The van der Waals surface area contributed by atoms with Crippen molar-refractivity contribution >= 4 is 17.8 Å². The van der Waals surface area contributed by atoms with Gasteiger partial charge in [0.05, 0.1) is 12.2 Å². The van der Waals surface area contributed by atoms with Crippen molar-refractivity contribution in [3.8, 4) is 0 Å². The summed E-state index contributed by atoms with van der Waals surface area (Å²) in [5, 5.41) is 11.2. The molecule has 5 heteroatoms. The number of ketones is 1. The fourth-order valence-corrected chi connectivity index (χ4v) is 3.36. The van der Waals surface area contributed by atoms with Crippen LogP contribution in [0.5, 0.6) is 0 Å². The summed E-state index contributed by atoms with van der Waals surface area (Å²) >= 11 is 0. The number of hydrogen-bond acceptors (Lipinski definition) is 5. The summed E-state index contributed by atoms with van der Waals surface area (Å²) in [6.45, 7) is 5.67. The second kappa shape index (κ2) is 6.15. The summed E-state index contributed by atoms with van der Waals surface area (Å²) in [5.41, 5.74) is -1.69. The van der Waals surface area contributed by atoms with Crippen LogP contribution in [-0.2, 0) is 19.1 Å². The van der Waals surface area contributed by atoms with E-state index in [2.05, 4.69) is 0 Å². The van der Waals surface area contributed by atoms with Gasteiger partial charge in [-0.05, 0) is 24.0 Å². The molecule has 2 aliphatic rings. The van der Waals surface area contributed by atoms with E-state index in [1.54, 1.807) is 13.0 Å². The minimum absolute atomic E-state index is 0.0208. The van der Waals surface area contributed by atoms with Crippen molar-refractivity contribution in [2.45, 2.75) is 39.2 Å². The van der Waals surface area contributed by atoms with E-state index in [1.165, 1.54) is 0 Å². The molecule has 5 nitrogen and oxygen atoms in total. The van der Waals surface area contributed by atoms with Crippen LogP contribution in [0.3, 0.4) is 0 Å². The van der Waals surface area contributed by atoms with Crippen molar-refractivity contribution in [3.05, 3.63) is 53.0 Å². The van der Waals surface area contributed by atoms with Gasteiger partial charge in [-0.25, -0.2) is 4.79 Å². The van der Waals surface area contributed by atoms with Gasteiger partial charge in [-0.15, -0.1) is 0 Å². The van der Waals surface area contributed by atoms with Gasteiger partial charge in [-0.2, -0.15) is 0 Å². The zero-order valence-corrected chi connectivity index (χ0v) is 14.7. The van der Waals surface area contributed by atoms with E-state index in [4.69, 9.17) is 9.47 Å². The predicted octanol–water partition coefficient (Wildman–Crippen LogP) is 3.00.